The minimum atomic E-state index is 0.0183. The molecule has 1 amide bonds. The van der Waals surface area contributed by atoms with E-state index in [9.17, 15) is 4.79 Å². The molecule has 0 saturated heterocycles. The Bertz CT molecular complexity index is 962. The van der Waals surface area contributed by atoms with Gasteiger partial charge < -0.3 is 5.32 Å². The molecule has 1 N–H and O–H groups in total. The first-order valence-corrected chi connectivity index (χ1v) is 12.0. The molecule has 0 atom stereocenters. The SMILES string of the molecule is Cc1nc(CSc2ccccc2C(=O)NCC2(c3ccccc3)CCCC2)cs1. The van der Waals surface area contributed by atoms with Gasteiger partial charge in [-0.3, -0.25) is 4.79 Å². The summed E-state index contributed by atoms with van der Waals surface area (Å²) in [7, 11) is 0. The number of carbonyl (C=O) groups excluding carboxylic acids is 1. The Morgan fingerprint density at radius 1 is 1.10 bits per heavy atom. The van der Waals surface area contributed by atoms with Crippen LogP contribution < -0.4 is 5.32 Å². The fourth-order valence-corrected chi connectivity index (χ4v) is 5.82. The zero-order chi connectivity index (χ0) is 20.1. The van der Waals surface area contributed by atoms with Crippen LogP contribution in [0.4, 0.5) is 0 Å². The van der Waals surface area contributed by atoms with E-state index in [0.717, 1.165) is 39.8 Å². The highest BCUT2D eigenvalue weighted by Gasteiger charge is 2.35. The lowest BCUT2D eigenvalue weighted by molar-refractivity contribution is 0.0940. The van der Waals surface area contributed by atoms with Crippen LogP contribution in [0.15, 0.2) is 64.9 Å². The molecular formula is C24H26N2OS2. The van der Waals surface area contributed by atoms with Gasteiger partial charge in [0.05, 0.1) is 16.3 Å². The zero-order valence-electron chi connectivity index (χ0n) is 16.7. The zero-order valence-corrected chi connectivity index (χ0v) is 18.3. The Kier molecular flexibility index (Phi) is 6.36. The number of hydrogen-bond acceptors (Lipinski definition) is 4. The Hall–Kier alpha value is -2.11. The van der Waals surface area contributed by atoms with Gasteiger partial charge >= 0.3 is 0 Å². The van der Waals surface area contributed by atoms with Crippen molar-refractivity contribution in [3.05, 3.63) is 81.8 Å². The predicted molar refractivity (Wildman–Crippen MR) is 122 cm³/mol. The van der Waals surface area contributed by atoms with Crippen LogP contribution in [0.3, 0.4) is 0 Å². The third kappa shape index (κ3) is 4.73. The van der Waals surface area contributed by atoms with Gasteiger partial charge in [-0.2, -0.15) is 0 Å². The lowest BCUT2D eigenvalue weighted by Gasteiger charge is -2.30. The van der Waals surface area contributed by atoms with Gasteiger partial charge in [0.2, 0.25) is 0 Å². The molecule has 29 heavy (non-hydrogen) atoms. The summed E-state index contributed by atoms with van der Waals surface area (Å²) in [6, 6.07) is 18.6. The number of nitrogens with zero attached hydrogens (tertiary/aromatic N) is 1. The molecular weight excluding hydrogens is 396 g/mol. The Morgan fingerprint density at radius 3 is 2.55 bits per heavy atom. The molecule has 4 rings (SSSR count). The molecule has 2 aromatic carbocycles. The van der Waals surface area contributed by atoms with E-state index < -0.39 is 0 Å². The number of nitrogens with one attached hydrogen (secondary N) is 1. The highest BCUT2D eigenvalue weighted by atomic mass is 32.2. The van der Waals surface area contributed by atoms with Crippen molar-refractivity contribution in [2.24, 2.45) is 0 Å². The fraction of sp³-hybridized carbons (Fsp3) is 0.333. The first kappa shape index (κ1) is 20.2. The lowest BCUT2D eigenvalue weighted by Crippen LogP contribution is -2.39. The Balaban J connectivity index is 1.45. The van der Waals surface area contributed by atoms with Gasteiger partial charge in [-0.15, -0.1) is 23.1 Å². The largest absolute Gasteiger partial charge is 0.351 e. The number of carbonyl (C=O) groups is 1. The highest BCUT2D eigenvalue weighted by molar-refractivity contribution is 7.98. The first-order chi connectivity index (χ1) is 14.2. The molecule has 0 spiro atoms. The number of thiazole rings is 1. The van der Waals surface area contributed by atoms with Gasteiger partial charge in [-0.25, -0.2) is 4.98 Å². The van der Waals surface area contributed by atoms with Gasteiger partial charge in [0, 0.05) is 28.0 Å². The molecule has 5 heteroatoms. The molecule has 3 aromatic rings. The third-order valence-corrected chi connectivity index (χ3v) is 7.64. The Morgan fingerprint density at radius 2 is 1.83 bits per heavy atom. The van der Waals surface area contributed by atoms with Crippen molar-refractivity contribution >= 4 is 29.0 Å². The van der Waals surface area contributed by atoms with Crippen LogP contribution in [0.5, 0.6) is 0 Å². The second-order valence-corrected chi connectivity index (χ2v) is 9.76. The van der Waals surface area contributed by atoms with Gasteiger partial charge in [0.15, 0.2) is 0 Å². The standard InChI is InChI=1S/C24H26N2OS2/c1-18-26-20(15-28-18)16-29-22-12-6-5-11-21(22)23(27)25-17-24(13-7-8-14-24)19-9-3-2-4-10-19/h2-6,9-12,15H,7-8,13-14,16-17H2,1H3,(H,25,27). The maximum atomic E-state index is 13.1. The summed E-state index contributed by atoms with van der Waals surface area (Å²) in [6.45, 7) is 2.71. The summed E-state index contributed by atoms with van der Waals surface area (Å²) in [5, 5.41) is 6.43. The summed E-state index contributed by atoms with van der Waals surface area (Å²) in [4.78, 5) is 18.6. The van der Waals surface area contributed by atoms with E-state index in [-0.39, 0.29) is 11.3 Å². The summed E-state index contributed by atoms with van der Waals surface area (Å²) in [5.74, 6) is 0.799. The van der Waals surface area contributed by atoms with Crippen molar-refractivity contribution in [3.63, 3.8) is 0 Å². The molecule has 0 aliphatic heterocycles. The molecule has 1 aliphatic carbocycles. The second-order valence-electron chi connectivity index (χ2n) is 7.68. The average Bonchev–Trinajstić information content (AvgIpc) is 3.41. The van der Waals surface area contributed by atoms with Gasteiger partial charge in [0.25, 0.3) is 5.91 Å². The monoisotopic (exact) mass is 422 g/mol. The molecule has 1 heterocycles. The summed E-state index contributed by atoms with van der Waals surface area (Å²) in [5.41, 5.74) is 3.24. The molecule has 0 unspecified atom stereocenters. The molecule has 1 saturated carbocycles. The highest BCUT2D eigenvalue weighted by Crippen LogP contribution is 2.40. The van der Waals surface area contributed by atoms with Crippen molar-refractivity contribution in [2.45, 2.75) is 48.7 Å². The van der Waals surface area contributed by atoms with E-state index in [2.05, 4.69) is 46.0 Å². The molecule has 3 nitrogen and oxygen atoms in total. The van der Waals surface area contributed by atoms with Gasteiger partial charge in [-0.05, 0) is 37.5 Å². The van der Waals surface area contributed by atoms with Crippen molar-refractivity contribution in [3.8, 4) is 0 Å². The maximum absolute atomic E-state index is 13.1. The molecule has 150 valence electrons. The van der Waals surface area contributed by atoms with Crippen LogP contribution in [-0.4, -0.2) is 17.4 Å². The van der Waals surface area contributed by atoms with Crippen LogP contribution in [-0.2, 0) is 11.2 Å². The minimum Gasteiger partial charge on any atom is -0.351 e. The van der Waals surface area contributed by atoms with E-state index in [1.165, 1.54) is 18.4 Å². The first-order valence-electron chi connectivity index (χ1n) is 10.1. The number of hydrogen-bond donors (Lipinski definition) is 1. The number of benzene rings is 2. The number of aryl methyl sites for hydroxylation is 1. The van der Waals surface area contributed by atoms with E-state index in [1.54, 1.807) is 23.1 Å². The van der Waals surface area contributed by atoms with E-state index in [4.69, 9.17) is 0 Å². The predicted octanol–water partition coefficient (Wildman–Crippen LogP) is 5.99. The maximum Gasteiger partial charge on any atom is 0.252 e. The van der Waals surface area contributed by atoms with Gasteiger partial charge in [0.1, 0.15) is 0 Å². The van der Waals surface area contributed by atoms with Crippen LogP contribution in [0, 0.1) is 6.92 Å². The number of aromatic nitrogens is 1. The fourth-order valence-electron chi connectivity index (χ4n) is 4.16. The summed E-state index contributed by atoms with van der Waals surface area (Å²) in [6.07, 6.45) is 4.72. The van der Waals surface area contributed by atoms with Crippen LogP contribution >= 0.6 is 23.1 Å². The van der Waals surface area contributed by atoms with Crippen molar-refractivity contribution in [1.82, 2.24) is 10.3 Å². The number of amides is 1. The topological polar surface area (TPSA) is 42.0 Å². The van der Waals surface area contributed by atoms with Crippen LogP contribution in [0.25, 0.3) is 0 Å². The number of thioether (sulfide) groups is 1. The smallest absolute Gasteiger partial charge is 0.252 e. The summed E-state index contributed by atoms with van der Waals surface area (Å²) < 4.78 is 0. The minimum absolute atomic E-state index is 0.0183. The Labute approximate surface area is 181 Å². The van der Waals surface area contributed by atoms with Crippen molar-refractivity contribution < 1.29 is 4.79 Å². The number of rotatable bonds is 7. The molecule has 0 radical (unpaired) electrons. The lowest BCUT2D eigenvalue weighted by atomic mass is 9.79. The van der Waals surface area contributed by atoms with Gasteiger partial charge in [-0.1, -0.05) is 55.3 Å². The van der Waals surface area contributed by atoms with E-state index in [0.29, 0.717) is 6.54 Å². The quantitative estimate of drug-likeness (QED) is 0.476. The molecule has 1 aliphatic rings. The normalized spacial score (nSPS) is 15.3. The van der Waals surface area contributed by atoms with Crippen LogP contribution in [0.1, 0.15) is 52.3 Å². The van der Waals surface area contributed by atoms with E-state index >= 15 is 0 Å². The molecule has 1 aromatic heterocycles. The average molecular weight is 423 g/mol. The van der Waals surface area contributed by atoms with Crippen molar-refractivity contribution in [1.29, 1.82) is 0 Å². The second kappa shape index (κ2) is 9.14. The third-order valence-electron chi connectivity index (χ3n) is 5.71. The van der Waals surface area contributed by atoms with Crippen molar-refractivity contribution in [2.75, 3.05) is 6.54 Å². The molecule has 0 bridgehead atoms. The summed E-state index contributed by atoms with van der Waals surface area (Å²) >= 11 is 3.34. The van der Waals surface area contributed by atoms with E-state index in [1.807, 2.05) is 31.2 Å². The van der Waals surface area contributed by atoms with Crippen LogP contribution in [0.2, 0.25) is 0 Å². The molecule has 1 fully saturated rings.